The number of methoxy groups -OCH3 is 1. The summed E-state index contributed by atoms with van der Waals surface area (Å²) in [4.78, 5) is 30.2. The van der Waals surface area contributed by atoms with Crippen LogP contribution in [-0.4, -0.2) is 47.0 Å². The van der Waals surface area contributed by atoms with E-state index in [4.69, 9.17) is 4.74 Å². The molecular formula is C19H18N4O3. The lowest BCUT2D eigenvalue weighted by molar-refractivity contribution is -0.144. The molecule has 7 heteroatoms. The second-order valence-corrected chi connectivity index (χ2v) is 6.63. The number of ether oxygens (including phenoxy) is 1. The van der Waals surface area contributed by atoms with Crippen LogP contribution in [0, 0.1) is 16.7 Å². The normalized spacial score (nSPS) is 17.8. The van der Waals surface area contributed by atoms with Gasteiger partial charge in [-0.2, -0.15) is 5.26 Å². The predicted octanol–water partition coefficient (Wildman–Crippen LogP) is 2.14. The van der Waals surface area contributed by atoms with Crippen molar-refractivity contribution in [2.24, 2.45) is 5.41 Å². The lowest BCUT2D eigenvalue weighted by Gasteiger charge is -2.29. The minimum absolute atomic E-state index is 0.224. The van der Waals surface area contributed by atoms with Crippen molar-refractivity contribution in [1.29, 1.82) is 5.26 Å². The summed E-state index contributed by atoms with van der Waals surface area (Å²) in [5, 5.41) is 12.9. The van der Waals surface area contributed by atoms with E-state index >= 15 is 0 Å². The lowest BCUT2D eigenvalue weighted by Crippen LogP contribution is -2.47. The van der Waals surface area contributed by atoms with E-state index in [-0.39, 0.29) is 17.5 Å². The van der Waals surface area contributed by atoms with E-state index in [0.717, 1.165) is 5.39 Å². The van der Waals surface area contributed by atoms with E-state index in [2.05, 4.69) is 11.1 Å². The minimum Gasteiger partial charge on any atom is -0.496 e. The van der Waals surface area contributed by atoms with Crippen LogP contribution in [0.15, 0.2) is 30.3 Å². The summed E-state index contributed by atoms with van der Waals surface area (Å²) in [6.07, 6.45) is 1.80. The number of nitrogens with zero attached hydrogens (tertiary/aromatic N) is 4. The number of benzene rings is 1. The summed E-state index contributed by atoms with van der Waals surface area (Å²) in [5.74, 6) is -0.0704. The molecule has 0 bridgehead atoms. The van der Waals surface area contributed by atoms with E-state index in [1.54, 1.807) is 13.2 Å². The maximum absolute atomic E-state index is 13.0. The minimum atomic E-state index is -0.947. The fourth-order valence-corrected chi connectivity index (χ4v) is 3.33. The van der Waals surface area contributed by atoms with Gasteiger partial charge in [0.2, 0.25) is 0 Å². The third-order valence-corrected chi connectivity index (χ3v) is 4.99. The Kier molecular flexibility index (Phi) is 3.76. The van der Waals surface area contributed by atoms with Crippen LogP contribution in [0.4, 0.5) is 0 Å². The van der Waals surface area contributed by atoms with Crippen molar-refractivity contribution in [3.63, 3.8) is 0 Å². The van der Waals surface area contributed by atoms with E-state index in [1.165, 1.54) is 10.0 Å². The Bertz CT molecular complexity index is 945. The molecule has 132 valence electrons. The average Bonchev–Trinajstić information content (AvgIpc) is 3.34. The zero-order valence-corrected chi connectivity index (χ0v) is 14.4. The summed E-state index contributed by atoms with van der Waals surface area (Å²) in [6, 6.07) is 11.1. The van der Waals surface area contributed by atoms with Gasteiger partial charge in [0.25, 0.3) is 11.8 Å². The van der Waals surface area contributed by atoms with Crippen LogP contribution in [0.1, 0.15) is 29.8 Å². The van der Waals surface area contributed by atoms with Crippen LogP contribution in [0.2, 0.25) is 0 Å². The highest BCUT2D eigenvalue weighted by molar-refractivity contribution is 5.99. The number of amides is 2. The van der Waals surface area contributed by atoms with Gasteiger partial charge in [0.05, 0.1) is 18.7 Å². The fourth-order valence-electron chi connectivity index (χ4n) is 3.33. The Balaban J connectivity index is 1.68. The number of carbonyl (C=O) groups is 2. The molecule has 26 heavy (non-hydrogen) atoms. The van der Waals surface area contributed by atoms with Gasteiger partial charge in [0, 0.05) is 24.5 Å². The number of hydrazine groups is 1. The van der Waals surface area contributed by atoms with Crippen LogP contribution < -0.4 is 4.74 Å². The van der Waals surface area contributed by atoms with Crippen molar-refractivity contribution in [2.75, 3.05) is 20.2 Å². The monoisotopic (exact) mass is 350 g/mol. The molecule has 1 aliphatic heterocycles. The molecule has 2 aliphatic rings. The molecule has 1 saturated heterocycles. The SMILES string of the molecule is COc1cc(C(=O)N2CCCN2C(=O)C2(C#N)CC2)nc2ccccc12. The Labute approximate surface area is 150 Å². The molecular weight excluding hydrogens is 332 g/mol. The third-order valence-electron chi connectivity index (χ3n) is 4.99. The molecule has 0 radical (unpaired) electrons. The van der Waals surface area contributed by atoms with E-state index < -0.39 is 5.41 Å². The average molecular weight is 350 g/mol. The lowest BCUT2D eigenvalue weighted by atomic mass is 10.1. The van der Waals surface area contributed by atoms with E-state index in [1.807, 2.05) is 24.3 Å². The van der Waals surface area contributed by atoms with Crippen LogP contribution in [0.5, 0.6) is 5.75 Å². The van der Waals surface area contributed by atoms with E-state index in [9.17, 15) is 14.9 Å². The second-order valence-electron chi connectivity index (χ2n) is 6.63. The van der Waals surface area contributed by atoms with Gasteiger partial charge >= 0.3 is 0 Å². The maximum Gasteiger partial charge on any atom is 0.291 e. The van der Waals surface area contributed by atoms with Crippen molar-refractivity contribution >= 4 is 22.7 Å². The molecule has 2 amide bonds. The van der Waals surface area contributed by atoms with Crippen molar-refractivity contribution in [3.8, 4) is 11.8 Å². The van der Waals surface area contributed by atoms with Gasteiger partial charge in [0.1, 0.15) is 16.9 Å². The first-order valence-corrected chi connectivity index (χ1v) is 8.58. The highest BCUT2D eigenvalue weighted by Gasteiger charge is 2.54. The van der Waals surface area contributed by atoms with Gasteiger partial charge in [-0.15, -0.1) is 0 Å². The highest BCUT2D eigenvalue weighted by atomic mass is 16.5. The van der Waals surface area contributed by atoms with Crippen LogP contribution >= 0.6 is 0 Å². The summed E-state index contributed by atoms with van der Waals surface area (Å²) < 4.78 is 5.40. The molecule has 2 fully saturated rings. The molecule has 1 aliphatic carbocycles. The van der Waals surface area contributed by atoms with Gasteiger partial charge in [-0.05, 0) is 31.4 Å². The number of pyridine rings is 1. The van der Waals surface area contributed by atoms with Crippen molar-refractivity contribution in [1.82, 2.24) is 15.0 Å². The van der Waals surface area contributed by atoms with Crippen LogP contribution in [-0.2, 0) is 4.79 Å². The third kappa shape index (κ3) is 2.46. The number of rotatable bonds is 3. The highest BCUT2D eigenvalue weighted by Crippen LogP contribution is 2.47. The van der Waals surface area contributed by atoms with Gasteiger partial charge < -0.3 is 4.74 Å². The largest absolute Gasteiger partial charge is 0.496 e. The molecule has 2 aromatic rings. The number of fused-ring (bicyclic) bond motifs is 1. The number of carbonyl (C=O) groups excluding carboxylic acids is 2. The van der Waals surface area contributed by atoms with Gasteiger partial charge in [0.15, 0.2) is 0 Å². The number of hydrogen-bond acceptors (Lipinski definition) is 5. The van der Waals surface area contributed by atoms with Gasteiger partial charge in [-0.3, -0.25) is 9.59 Å². The first kappa shape index (κ1) is 16.3. The van der Waals surface area contributed by atoms with E-state index in [0.29, 0.717) is 43.6 Å². The molecule has 4 rings (SSSR count). The smallest absolute Gasteiger partial charge is 0.291 e. The first-order chi connectivity index (χ1) is 12.6. The molecule has 2 heterocycles. The summed E-state index contributed by atoms with van der Waals surface area (Å²) in [7, 11) is 1.55. The molecule has 7 nitrogen and oxygen atoms in total. The van der Waals surface area contributed by atoms with Crippen molar-refractivity contribution < 1.29 is 14.3 Å². The zero-order chi connectivity index (χ0) is 18.3. The summed E-state index contributed by atoms with van der Waals surface area (Å²) in [5.41, 5.74) is -0.0674. The number of nitriles is 1. The standard InChI is InChI=1S/C19H18N4O3/c1-26-16-11-15(21-14-6-3-2-5-13(14)16)17(24)22-9-4-10-23(22)18(25)19(12-20)7-8-19/h2-3,5-6,11H,4,7-10H2,1H3. The summed E-state index contributed by atoms with van der Waals surface area (Å²) in [6.45, 7) is 0.877. The Morgan fingerprint density at radius 2 is 1.96 bits per heavy atom. The van der Waals surface area contributed by atoms with Crippen molar-refractivity contribution in [3.05, 3.63) is 36.0 Å². The Morgan fingerprint density at radius 1 is 1.23 bits per heavy atom. The number of para-hydroxylation sites is 1. The molecule has 0 N–H and O–H groups in total. The van der Waals surface area contributed by atoms with Crippen LogP contribution in [0.25, 0.3) is 10.9 Å². The first-order valence-electron chi connectivity index (χ1n) is 8.58. The molecule has 0 spiro atoms. The summed E-state index contributed by atoms with van der Waals surface area (Å²) >= 11 is 0. The quantitative estimate of drug-likeness (QED) is 0.846. The number of aromatic nitrogens is 1. The zero-order valence-electron chi connectivity index (χ0n) is 14.4. The Hall–Kier alpha value is -3.14. The molecule has 1 aromatic heterocycles. The van der Waals surface area contributed by atoms with Crippen LogP contribution in [0.3, 0.4) is 0 Å². The van der Waals surface area contributed by atoms with Gasteiger partial charge in [-0.25, -0.2) is 15.0 Å². The molecule has 0 atom stereocenters. The molecule has 1 saturated carbocycles. The number of hydrogen-bond donors (Lipinski definition) is 0. The topological polar surface area (TPSA) is 86.5 Å². The van der Waals surface area contributed by atoms with Crippen molar-refractivity contribution in [2.45, 2.75) is 19.3 Å². The Morgan fingerprint density at radius 3 is 2.65 bits per heavy atom. The maximum atomic E-state index is 13.0. The predicted molar refractivity (Wildman–Crippen MR) is 92.9 cm³/mol. The van der Waals surface area contributed by atoms with Gasteiger partial charge in [-0.1, -0.05) is 12.1 Å². The second kappa shape index (κ2) is 5.99. The fraction of sp³-hybridized carbons (Fsp3) is 0.368. The molecule has 1 aromatic carbocycles. The molecule has 0 unspecified atom stereocenters.